The van der Waals surface area contributed by atoms with Gasteiger partial charge >= 0.3 is 0 Å². The number of hydrogen-bond acceptors (Lipinski definition) is 4. The molecule has 2 aromatic heterocycles. The van der Waals surface area contributed by atoms with Gasteiger partial charge in [-0.25, -0.2) is 0 Å². The molecule has 0 fully saturated rings. The van der Waals surface area contributed by atoms with E-state index in [0.717, 1.165) is 27.8 Å². The largest absolute Gasteiger partial charge is 0.384 e. The van der Waals surface area contributed by atoms with Crippen LogP contribution in [0.5, 0.6) is 0 Å². The quantitative estimate of drug-likeness (QED) is 0.767. The van der Waals surface area contributed by atoms with E-state index >= 15 is 0 Å². The van der Waals surface area contributed by atoms with Gasteiger partial charge in [0.2, 0.25) is 0 Å². The summed E-state index contributed by atoms with van der Waals surface area (Å²) in [7, 11) is 0. The number of benzene rings is 1. The zero-order chi connectivity index (χ0) is 14.9. The van der Waals surface area contributed by atoms with Gasteiger partial charge in [0, 0.05) is 23.3 Å². The predicted molar refractivity (Wildman–Crippen MR) is 88.9 cm³/mol. The Balaban J connectivity index is 1.89. The maximum atomic E-state index is 10.6. The van der Waals surface area contributed by atoms with Crippen molar-refractivity contribution in [1.82, 2.24) is 4.98 Å². The van der Waals surface area contributed by atoms with E-state index < -0.39 is 5.60 Å². The standard InChI is InChI=1S/C17H18N2OS/c1-12-9-16(14-5-3-4-6-15(14)19-12)18-11-17(2,20)13-7-8-21-10-13/h3-10,20H,11H2,1-2H3,(H,18,19). The maximum Gasteiger partial charge on any atom is 0.105 e. The topological polar surface area (TPSA) is 45.1 Å². The summed E-state index contributed by atoms with van der Waals surface area (Å²) in [6.45, 7) is 4.27. The number of hydrogen-bond donors (Lipinski definition) is 2. The number of rotatable bonds is 4. The van der Waals surface area contributed by atoms with Crippen LogP contribution in [0.1, 0.15) is 18.2 Å². The number of nitrogens with one attached hydrogen (secondary N) is 1. The van der Waals surface area contributed by atoms with E-state index in [0.29, 0.717) is 6.54 Å². The summed E-state index contributed by atoms with van der Waals surface area (Å²) in [6.07, 6.45) is 0. The highest BCUT2D eigenvalue weighted by Crippen LogP contribution is 2.27. The second-order valence-corrected chi connectivity index (χ2v) is 6.25. The lowest BCUT2D eigenvalue weighted by Gasteiger charge is -2.24. The van der Waals surface area contributed by atoms with Gasteiger partial charge in [0.05, 0.1) is 5.52 Å². The minimum absolute atomic E-state index is 0.456. The average molecular weight is 298 g/mol. The fourth-order valence-corrected chi connectivity index (χ4v) is 3.18. The van der Waals surface area contributed by atoms with E-state index in [1.165, 1.54) is 0 Å². The Morgan fingerprint density at radius 3 is 2.86 bits per heavy atom. The minimum atomic E-state index is -0.891. The van der Waals surface area contributed by atoms with Gasteiger partial charge < -0.3 is 10.4 Å². The van der Waals surface area contributed by atoms with Crippen LogP contribution in [-0.2, 0) is 5.60 Å². The van der Waals surface area contributed by atoms with E-state index in [4.69, 9.17) is 0 Å². The molecule has 0 radical (unpaired) electrons. The first-order valence-electron chi connectivity index (χ1n) is 6.91. The third-order valence-electron chi connectivity index (χ3n) is 3.61. The first kappa shape index (κ1) is 14.0. The van der Waals surface area contributed by atoms with Crippen molar-refractivity contribution in [2.75, 3.05) is 11.9 Å². The van der Waals surface area contributed by atoms with Crippen molar-refractivity contribution in [2.24, 2.45) is 0 Å². The van der Waals surface area contributed by atoms with E-state index in [9.17, 15) is 5.11 Å². The SMILES string of the molecule is Cc1cc(NCC(C)(O)c2ccsc2)c2ccccc2n1. The molecule has 1 aromatic carbocycles. The predicted octanol–water partition coefficient (Wildman–Crippen LogP) is 3.92. The zero-order valence-electron chi connectivity index (χ0n) is 12.1. The molecule has 0 aliphatic heterocycles. The summed E-state index contributed by atoms with van der Waals surface area (Å²) in [5, 5.41) is 19.0. The van der Waals surface area contributed by atoms with Gasteiger partial charge in [-0.1, -0.05) is 18.2 Å². The number of nitrogens with zero attached hydrogens (tertiary/aromatic N) is 1. The van der Waals surface area contributed by atoms with Gasteiger partial charge in [0.25, 0.3) is 0 Å². The summed E-state index contributed by atoms with van der Waals surface area (Å²) in [5.41, 5.74) is 2.99. The lowest BCUT2D eigenvalue weighted by molar-refractivity contribution is 0.0720. The molecular formula is C17H18N2OS. The second-order valence-electron chi connectivity index (χ2n) is 5.47. The van der Waals surface area contributed by atoms with Crippen LogP contribution in [0.25, 0.3) is 10.9 Å². The number of aryl methyl sites for hydroxylation is 1. The van der Waals surface area contributed by atoms with Crippen molar-refractivity contribution < 1.29 is 5.11 Å². The normalized spacial score (nSPS) is 14.0. The zero-order valence-corrected chi connectivity index (χ0v) is 12.9. The van der Waals surface area contributed by atoms with E-state index in [1.807, 2.05) is 61.0 Å². The summed E-state index contributed by atoms with van der Waals surface area (Å²) in [4.78, 5) is 4.53. The molecule has 1 atom stereocenters. The van der Waals surface area contributed by atoms with Gasteiger partial charge in [0.1, 0.15) is 5.60 Å². The number of para-hydroxylation sites is 1. The van der Waals surface area contributed by atoms with Crippen molar-refractivity contribution in [2.45, 2.75) is 19.4 Å². The number of fused-ring (bicyclic) bond motifs is 1. The second kappa shape index (κ2) is 5.47. The van der Waals surface area contributed by atoms with E-state index in [1.54, 1.807) is 11.3 Å². The first-order valence-corrected chi connectivity index (χ1v) is 7.86. The molecule has 0 aliphatic carbocycles. The van der Waals surface area contributed by atoms with Crippen LogP contribution in [-0.4, -0.2) is 16.6 Å². The Kier molecular flexibility index (Phi) is 3.66. The van der Waals surface area contributed by atoms with Crippen LogP contribution >= 0.6 is 11.3 Å². The molecule has 3 aromatic rings. The molecule has 2 N–H and O–H groups in total. The number of thiophene rings is 1. The molecule has 0 saturated carbocycles. The van der Waals surface area contributed by atoms with Gasteiger partial charge in [-0.2, -0.15) is 11.3 Å². The molecular weight excluding hydrogens is 280 g/mol. The molecule has 3 rings (SSSR count). The Morgan fingerprint density at radius 1 is 1.29 bits per heavy atom. The molecule has 0 aliphatic rings. The Labute approximate surface area is 128 Å². The third kappa shape index (κ3) is 2.91. The number of pyridine rings is 1. The Bertz CT molecular complexity index is 751. The highest BCUT2D eigenvalue weighted by atomic mass is 32.1. The molecule has 0 amide bonds. The van der Waals surface area contributed by atoms with Crippen LogP contribution in [0.2, 0.25) is 0 Å². The fraction of sp³-hybridized carbons (Fsp3) is 0.235. The smallest absolute Gasteiger partial charge is 0.105 e. The van der Waals surface area contributed by atoms with Gasteiger partial charge in [0.15, 0.2) is 0 Å². The van der Waals surface area contributed by atoms with Crippen LogP contribution in [0.3, 0.4) is 0 Å². The number of anilines is 1. The van der Waals surface area contributed by atoms with Gasteiger partial charge in [-0.05, 0) is 48.4 Å². The van der Waals surface area contributed by atoms with Crippen molar-refractivity contribution in [3.8, 4) is 0 Å². The summed E-state index contributed by atoms with van der Waals surface area (Å²) >= 11 is 1.60. The Hall–Kier alpha value is -1.91. The van der Waals surface area contributed by atoms with Crippen molar-refractivity contribution in [3.63, 3.8) is 0 Å². The van der Waals surface area contributed by atoms with E-state index in [2.05, 4.69) is 10.3 Å². The number of aliphatic hydroxyl groups is 1. The van der Waals surface area contributed by atoms with Crippen LogP contribution < -0.4 is 5.32 Å². The molecule has 3 nitrogen and oxygen atoms in total. The van der Waals surface area contributed by atoms with Crippen LogP contribution in [0.4, 0.5) is 5.69 Å². The van der Waals surface area contributed by atoms with Crippen LogP contribution in [0, 0.1) is 6.92 Å². The molecule has 0 bridgehead atoms. The van der Waals surface area contributed by atoms with Gasteiger partial charge in [-0.3, -0.25) is 4.98 Å². The lowest BCUT2D eigenvalue weighted by Crippen LogP contribution is -2.30. The van der Waals surface area contributed by atoms with Crippen molar-refractivity contribution in [1.29, 1.82) is 0 Å². The average Bonchev–Trinajstić information content (AvgIpc) is 2.99. The van der Waals surface area contributed by atoms with E-state index in [-0.39, 0.29) is 0 Å². The van der Waals surface area contributed by atoms with Crippen molar-refractivity contribution >= 4 is 27.9 Å². The molecule has 21 heavy (non-hydrogen) atoms. The Morgan fingerprint density at radius 2 is 2.10 bits per heavy atom. The summed E-state index contributed by atoms with van der Waals surface area (Å²) in [6, 6.07) is 12.0. The lowest BCUT2D eigenvalue weighted by atomic mass is 9.99. The summed E-state index contributed by atoms with van der Waals surface area (Å²) < 4.78 is 0. The summed E-state index contributed by atoms with van der Waals surface area (Å²) in [5.74, 6) is 0. The number of aromatic nitrogens is 1. The highest BCUT2D eigenvalue weighted by Gasteiger charge is 2.23. The third-order valence-corrected chi connectivity index (χ3v) is 4.29. The first-order chi connectivity index (χ1) is 10.1. The fourth-order valence-electron chi connectivity index (χ4n) is 2.39. The van der Waals surface area contributed by atoms with Crippen LogP contribution in [0.15, 0.2) is 47.2 Å². The molecule has 108 valence electrons. The maximum absolute atomic E-state index is 10.6. The molecule has 0 saturated heterocycles. The minimum Gasteiger partial charge on any atom is -0.384 e. The monoisotopic (exact) mass is 298 g/mol. The molecule has 4 heteroatoms. The highest BCUT2D eigenvalue weighted by molar-refractivity contribution is 7.08. The molecule has 1 unspecified atom stereocenters. The van der Waals surface area contributed by atoms with Crippen molar-refractivity contribution in [3.05, 3.63) is 58.4 Å². The molecule has 0 spiro atoms. The van der Waals surface area contributed by atoms with Gasteiger partial charge in [-0.15, -0.1) is 0 Å². The molecule has 2 heterocycles.